The van der Waals surface area contributed by atoms with Crippen molar-refractivity contribution in [2.24, 2.45) is 0 Å². The van der Waals surface area contributed by atoms with Gasteiger partial charge in [0.15, 0.2) is 5.52 Å². The van der Waals surface area contributed by atoms with Crippen LogP contribution in [0, 0.1) is 0 Å². The van der Waals surface area contributed by atoms with Crippen LogP contribution in [0.4, 0.5) is 0 Å². The van der Waals surface area contributed by atoms with Gasteiger partial charge in [-0.2, -0.15) is 0 Å². The number of rotatable bonds is 0. The number of imidazole rings is 1. The first-order chi connectivity index (χ1) is 6.54. The minimum atomic E-state index is -1.09. The summed E-state index contributed by atoms with van der Waals surface area (Å²) in [7, 11) is 0. The van der Waals surface area contributed by atoms with E-state index in [9.17, 15) is 20.3 Å². The highest BCUT2D eigenvalue weighted by Crippen LogP contribution is 2.28. The minimum absolute atomic E-state index is 0.0465. The molecule has 0 fully saturated rings. The van der Waals surface area contributed by atoms with E-state index in [1.807, 2.05) is 0 Å². The Morgan fingerprint density at radius 1 is 1.14 bits per heavy atom. The summed E-state index contributed by atoms with van der Waals surface area (Å²) < 4.78 is 0.286. The van der Waals surface area contributed by atoms with Crippen molar-refractivity contribution in [2.75, 3.05) is 0 Å². The smallest absolute Gasteiger partial charge is 0.394 e. The third-order valence-electron chi connectivity index (χ3n) is 1.87. The van der Waals surface area contributed by atoms with Gasteiger partial charge in [0.2, 0.25) is 0 Å². The van der Waals surface area contributed by atoms with Crippen LogP contribution in [0.25, 0.3) is 11.0 Å². The molecule has 1 heterocycles. The second kappa shape index (κ2) is 2.58. The Bertz CT molecular complexity index is 523. The van der Waals surface area contributed by atoms with E-state index in [-0.39, 0.29) is 31.3 Å². The van der Waals surface area contributed by atoms with E-state index in [0.29, 0.717) is 0 Å². The summed E-state index contributed by atoms with van der Waals surface area (Å²) in [4.78, 5) is 11.0. The molecule has 3 N–H and O–H groups in total. The van der Waals surface area contributed by atoms with Crippen molar-refractivity contribution in [3.63, 3.8) is 0 Å². The van der Waals surface area contributed by atoms with Gasteiger partial charge in [-0.15, -0.1) is 9.46 Å². The summed E-state index contributed by atoms with van der Waals surface area (Å²) in [5, 5.41) is 27.8. The SMILES string of the molecule is O=c1n(O)c2c(O)ccc(Cl)c2n1O. The minimum Gasteiger partial charge on any atom is -0.506 e. The predicted molar refractivity (Wildman–Crippen MR) is 47.2 cm³/mol. The van der Waals surface area contributed by atoms with Crippen molar-refractivity contribution in [3.05, 3.63) is 27.6 Å². The van der Waals surface area contributed by atoms with Crippen molar-refractivity contribution in [1.29, 1.82) is 0 Å². The maximum Gasteiger partial charge on any atom is 0.394 e. The lowest BCUT2D eigenvalue weighted by Gasteiger charge is -1.97. The fourth-order valence-corrected chi connectivity index (χ4v) is 1.47. The van der Waals surface area contributed by atoms with Gasteiger partial charge in [-0.25, -0.2) is 4.79 Å². The quantitative estimate of drug-likeness (QED) is 0.564. The van der Waals surface area contributed by atoms with Gasteiger partial charge in [-0.05, 0) is 12.1 Å². The van der Waals surface area contributed by atoms with Gasteiger partial charge in [-0.1, -0.05) is 11.6 Å². The summed E-state index contributed by atoms with van der Waals surface area (Å²) in [6.07, 6.45) is 0. The normalized spacial score (nSPS) is 10.9. The van der Waals surface area contributed by atoms with Gasteiger partial charge in [0.1, 0.15) is 11.3 Å². The zero-order valence-electron chi connectivity index (χ0n) is 6.68. The maximum atomic E-state index is 11.0. The van der Waals surface area contributed by atoms with Crippen LogP contribution in [0.5, 0.6) is 5.75 Å². The van der Waals surface area contributed by atoms with E-state index in [4.69, 9.17) is 11.6 Å². The Hall–Kier alpha value is -1.82. The predicted octanol–water partition coefficient (Wildman–Crippen LogP) is 0.637. The lowest BCUT2D eigenvalue weighted by atomic mass is 10.3. The Kier molecular flexibility index (Phi) is 1.62. The summed E-state index contributed by atoms with van der Waals surface area (Å²) in [5.74, 6) is -0.350. The summed E-state index contributed by atoms with van der Waals surface area (Å²) >= 11 is 5.66. The number of phenols is 1. The number of aromatic nitrogens is 2. The van der Waals surface area contributed by atoms with Crippen LogP contribution >= 0.6 is 11.6 Å². The highest BCUT2D eigenvalue weighted by Gasteiger charge is 2.17. The molecule has 0 aliphatic rings. The Labute approximate surface area is 81.7 Å². The molecule has 0 radical (unpaired) electrons. The van der Waals surface area contributed by atoms with Crippen molar-refractivity contribution in [1.82, 2.24) is 9.46 Å². The molecule has 0 atom stereocenters. The molecule has 0 bridgehead atoms. The number of phenolic OH excluding ortho intramolecular Hbond substituents is 1. The fraction of sp³-hybridized carbons (Fsp3) is 0. The molecule has 0 saturated carbocycles. The van der Waals surface area contributed by atoms with Crippen LogP contribution in [0.3, 0.4) is 0 Å². The van der Waals surface area contributed by atoms with Gasteiger partial charge in [0.25, 0.3) is 0 Å². The molecule has 7 heteroatoms. The van der Waals surface area contributed by atoms with Gasteiger partial charge in [0.05, 0.1) is 5.02 Å². The van der Waals surface area contributed by atoms with Crippen LogP contribution in [-0.4, -0.2) is 25.0 Å². The van der Waals surface area contributed by atoms with Crippen LogP contribution in [0.2, 0.25) is 5.02 Å². The molecule has 1 aromatic heterocycles. The van der Waals surface area contributed by atoms with Gasteiger partial charge >= 0.3 is 5.69 Å². The largest absolute Gasteiger partial charge is 0.506 e. The lowest BCUT2D eigenvalue weighted by Crippen LogP contribution is -2.20. The molecular weight excluding hydrogens is 212 g/mol. The number of nitrogens with zero attached hydrogens (tertiary/aromatic N) is 2. The van der Waals surface area contributed by atoms with Crippen LogP contribution < -0.4 is 5.69 Å². The zero-order valence-corrected chi connectivity index (χ0v) is 7.43. The summed E-state index contributed by atoms with van der Waals surface area (Å²) in [6, 6.07) is 2.50. The molecule has 0 amide bonds. The number of hydrogen-bond donors (Lipinski definition) is 3. The second-order valence-corrected chi connectivity index (χ2v) is 3.08. The molecule has 0 aliphatic heterocycles. The van der Waals surface area contributed by atoms with Gasteiger partial charge < -0.3 is 15.5 Å². The standard InChI is InChI=1S/C7H5ClN2O4/c8-3-1-2-4(11)6-5(3)9(13)7(12)10(6)14/h1-2,11,13-14H. The lowest BCUT2D eigenvalue weighted by molar-refractivity contribution is 0.137. The Balaban J connectivity index is 3.16. The first-order valence-electron chi connectivity index (χ1n) is 3.57. The molecule has 0 spiro atoms. The molecule has 14 heavy (non-hydrogen) atoms. The number of aromatic hydroxyl groups is 1. The summed E-state index contributed by atoms with van der Waals surface area (Å²) in [5.41, 5.74) is -1.47. The first-order valence-corrected chi connectivity index (χ1v) is 3.95. The molecule has 0 saturated heterocycles. The molecular formula is C7H5ClN2O4. The highest BCUT2D eigenvalue weighted by molar-refractivity contribution is 6.35. The fourth-order valence-electron chi connectivity index (χ4n) is 1.24. The van der Waals surface area contributed by atoms with Gasteiger partial charge in [-0.3, -0.25) is 0 Å². The van der Waals surface area contributed by atoms with Crippen molar-refractivity contribution in [3.8, 4) is 5.75 Å². The topological polar surface area (TPSA) is 87.6 Å². The monoisotopic (exact) mass is 216 g/mol. The molecule has 2 aromatic rings. The average Bonchev–Trinajstić information content (AvgIpc) is 2.38. The molecule has 74 valence electrons. The molecule has 0 unspecified atom stereocenters. The first kappa shape index (κ1) is 8.76. The van der Waals surface area contributed by atoms with E-state index in [1.165, 1.54) is 12.1 Å². The highest BCUT2D eigenvalue weighted by atomic mass is 35.5. The van der Waals surface area contributed by atoms with E-state index < -0.39 is 5.69 Å². The number of fused-ring (bicyclic) bond motifs is 1. The molecule has 2 rings (SSSR count). The maximum absolute atomic E-state index is 11.0. The zero-order chi connectivity index (χ0) is 10.5. The van der Waals surface area contributed by atoms with E-state index >= 15 is 0 Å². The molecule has 6 nitrogen and oxygen atoms in total. The average molecular weight is 217 g/mol. The van der Waals surface area contributed by atoms with Crippen molar-refractivity contribution < 1.29 is 15.5 Å². The van der Waals surface area contributed by atoms with Gasteiger partial charge in [0, 0.05) is 0 Å². The van der Waals surface area contributed by atoms with Crippen LogP contribution in [0.15, 0.2) is 16.9 Å². The Morgan fingerprint density at radius 3 is 2.29 bits per heavy atom. The van der Waals surface area contributed by atoms with E-state index in [1.54, 1.807) is 0 Å². The number of benzene rings is 1. The van der Waals surface area contributed by atoms with Crippen molar-refractivity contribution >= 4 is 22.6 Å². The summed E-state index contributed by atoms with van der Waals surface area (Å²) in [6.45, 7) is 0. The van der Waals surface area contributed by atoms with Crippen LogP contribution in [-0.2, 0) is 0 Å². The molecule has 0 aliphatic carbocycles. The number of halogens is 1. The molecule has 1 aromatic carbocycles. The third-order valence-corrected chi connectivity index (χ3v) is 2.17. The second-order valence-electron chi connectivity index (χ2n) is 2.67. The number of hydrogen-bond acceptors (Lipinski definition) is 4. The van der Waals surface area contributed by atoms with Crippen molar-refractivity contribution in [2.45, 2.75) is 0 Å². The third kappa shape index (κ3) is 0.882. The van der Waals surface area contributed by atoms with Crippen LogP contribution in [0.1, 0.15) is 0 Å². The van der Waals surface area contributed by atoms with E-state index in [2.05, 4.69) is 0 Å². The Morgan fingerprint density at radius 2 is 1.71 bits per heavy atom. The van der Waals surface area contributed by atoms with E-state index in [0.717, 1.165) is 0 Å².